The van der Waals surface area contributed by atoms with E-state index < -0.39 is 9.28 Å². The van der Waals surface area contributed by atoms with Gasteiger partial charge in [0.05, 0.1) is 0 Å². The Balaban J connectivity index is 0.00000225. The second-order valence-corrected chi connectivity index (χ2v) is 6.17. The van der Waals surface area contributed by atoms with Crippen molar-refractivity contribution >= 4 is 20.2 Å². The van der Waals surface area contributed by atoms with Gasteiger partial charge in [0.2, 0.25) is 0 Å². The molecule has 0 aromatic rings. The lowest BCUT2D eigenvalue weighted by Gasteiger charge is -2.35. The second kappa shape index (κ2) is 9.32. The molecule has 1 rings (SSSR count). The summed E-state index contributed by atoms with van der Waals surface area (Å²) < 4.78 is 11.5. The van der Waals surface area contributed by atoms with Crippen molar-refractivity contribution < 1.29 is 8.85 Å². The molecule has 0 aliphatic carbocycles. The Hall–Kier alpha value is 0.274. The molecule has 1 aliphatic heterocycles. The average molecular weight is 265 g/mol. The van der Waals surface area contributed by atoms with Gasteiger partial charge in [-0.2, -0.15) is 0 Å². The molecule has 0 bridgehead atoms. The first-order valence-corrected chi connectivity index (χ1v) is 7.58. The van der Waals surface area contributed by atoms with Crippen molar-refractivity contribution in [3.63, 3.8) is 0 Å². The Morgan fingerprint density at radius 1 is 1.19 bits per heavy atom. The van der Waals surface area contributed by atoms with Crippen LogP contribution < -0.4 is 5.32 Å². The molecule has 1 fully saturated rings. The van der Waals surface area contributed by atoms with Gasteiger partial charge in [-0.05, 0) is 31.7 Å². The minimum Gasteiger partial charge on any atom is -0.396 e. The third kappa shape index (κ3) is 5.07. The summed E-state index contributed by atoms with van der Waals surface area (Å²) in [6.45, 7) is 12.3. The van der Waals surface area contributed by atoms with Crippen LogP contribution in [0.3, 0.4) is 0 Å². The molecule has 0 radical (unpaired) electrons. The van der Waals surface area contributed by atoms with E-state index in [1.165, 1.54) is 0 Å². The van der Waals surface area contributed by atoms with E-state index in [0.717, 1.165) is 39.4 Å². The molecule has 1 atom stereocenters. The molecule has 0 amide bonds. The van der Waals surface area contributed by atoms with Crippen LogP contribution in [-0.4, -0.2) is 70.2 Å². The lowest BCUT2D eigenvalue weighted by molar-refractivity contribution is 0.149. The number of nitrogens with one attached hydrogen (secondary N) is 1. The van der Waals surface area contributed by atoms with Gasteiger partial charge < -0.3 is 14.2 Å². The Kier molecular flexibility index (Phi) is 9.48. The maximum atomic E-state index is 5.75. The van der Waals surface area contributed by atoms with Gasteiger partial charge in [-0.15, -0.1) is 0 Å². The summed E-state index contributed by atoms with van der Waals surface area (Å²) in [6, 6.07) is 0. The fraction of sp³-hybridized carbons (Fsp3) is 1.00. The van der Waals surface area contributed by atoms with Gasteiger partial charge in [0.1, 0.15) is 0 Å². The smallest absolute Gasteiger partial charge is 0.338 e. The Labute approximate surface area is 106 Å². The summed E-state index contributed by atoms with van der Waals surface area (Å²) in [5, 5.41) is 3.36. The fourth-order valence-corrected chi connectivity index (χ4v) is 3.87. The van der Waals surface area contributed by atoms with Gasteiger partial charge >= 0.3 is 9.28 Å². The van der Waals surface area contributed by atoms with E-state index in [4.69, 9.17) is 8.85 Å². The maximum Gasteiger partial charge on any atom is 0.338 e. The van der Waals surface area contributed by atoms with Crippen LogP contribution in [0.5, 0.6) is 0 Å². The van der Waals surface area contributed by atoms with E-state index in [9.17, 15) is 0 Å². The molecule has 0 aromatic carbocycles. The van der Waals surface area contributed by atoms with Crippen LogP contribution >= 0.6 is 0 Å². The molecular weight excluding hydrogens is 236 g/mol. The van der Waals surface area contributed by atoms with E-state index in [0.29, 0.717) is 5.67 Å². The van der Waals surface area contributed by atoms with Crippen LogP contribution in [0, 0.1) is 0 Å². The van der Waals surface area contributed by atoms with E-state index in [1.807, 2.05) is 13.8 Å². The number of nitrogens with zero attached hydrogens (tertiary/aromatic N) is 1. The molecule has 0 saturated carbocycles. The van der Waals surface area contributed by atoms with Gasteiger partial charge in [0, 0.05) is 45.1 Å². The van der Waals surface area contributed by atoms with E-state index >= 15 is 0 Å². The number of hydrogen-bond acceptors (Lipinski definition) is 4. The van der Waals surface area contributed by atoms with E-state index in [2.05, 4.69) is 17.1 Å². The highest BCUT2D eigenvalue weighted by Gasteiger charge is 2.28. The summed E-state index contributed by atoms with van der Waals surface area (Å²) in [4.78, 5) is 2.48. The zero-order valence-corrected chi connectivity index (χ0v) is 11.3. The van der Waals surface area contributed by atoms with Gasteiger partial charge in [-0.3, -0.25) is 4.90 Å². The zero-order chi connectivity index (χ0) is 11.1. The van der Waals surface area contributed by atoms with Crippen LogP contribution in [0.2, 0.25) is 0 Å². The molecule has 1 saturated heterocycles. The lowest BCUT2D eigenvalue weighted by Crippen LogP contribution is -2.54. The minimum atomic E-state index is -1.50. The zero-order valence-electron chi connectivity index (χ0n) is 10.2. The van der Waals surface area contributed by atoms with E-state index in [1.54, 1.807) is 0 Å². The first-order valence-electron chi connectivity index (χ1n) is 5.97. The Bertz CT molecular complexity index is 163. The van der Waals surface area contributed by atoms with Crippen LogP contribution in [0.25, 0.3) is 0 Å². The molecular formula is C10H28N2O2Si2. The Morgan fingerprint density at radius 2 is 1.69 bits per heavy atom. The predicted molar refractivity (Wildman–Crippen MR) is 75.6 cm³/mol. The first kappa shape index (κ1) is 16.3. The number of hydrogen-bond donors (Lipinski definition) is 1. The van der Waals surface area contributed by atoms with Gasteiger partial charge in [-0.25, -0.2) is 0 Å². The fourth-order valence-electron chi connectivity index (χ4n) is 1.92. The molecule has 0 spiro atoms. The second-order valence-electron chi connectivity index (χ2n) is 3.81. The van der Waals surface area contributed by atoms with Crippen molar-refractivity contribution in [2.45, 2.75) is 26.4 Å². The SMILES string of the molecule is CCO[SiH](OCC)C(C)N1CCNCC1.[SiH4]. The maximum absolute atomic E-state index is 5.75. The molecule has 1 heterocycles. The summed E-state index contributed by atoms with van der Waals surface area (Å²) in [5.74, 6) is 0. The molecule has 16 heavy (non-hydrogen) atoms. The molecule has 1 N–H and O–H groups in total. The van der Waals surface area contributed by atoms with Gasteiger partial charge in [0.25, 0.3) is 0 Å². The van der Waals surface area contributed by atoms with Crippen molar-refractivity contribution in [2.75, 3.05) is 39.4 Å². The van der Waals surface area contributed by atoms with Crippen molar-refractivity contribution in [1.82, 2.24) is 10.2 Å². The summed E-state index contributed by atoms with van der Waals surface area (Å²) in [5.41, 5.74) is 0.479. The molecule has 1 aliphatic rings. The standard InChI is InChI=1S/C10H24N2O2Si.H4Si/c1-4-13-15(14-5-2)10(3)12-8-6-11-7-9-12;/h10-11,15H,4-9H2,1-3H3;1H4. The van der Waals surface area contributed by atoms with Crippen molar-refractivity contribution in [3.05, 3.63) is 0 Å². The van der Waals surface area contributed by atoms with Crippen LogP contribution in [0.15, 0.2) is 0 Å². The normalized spacial score (nSPS) is 19.5. The van der Waals surface area contributed by atoms with Crippen molar-refractivity contribution in [2.24, 2.45) is 0 Å². The van der Waals surface area contributed by atoms with Crippen molar-refractivity contribution in [3.8, 4) is 0 Å². The lowest BCUT2D eigenvalue weighted by atomic mass is 10.4. The van der Waals surface area contributed by atoms with Crippen LogP contribution in [0.4, 0.5) is 0 Å². The first-order chi connectivity index (χ1) is 7.29. The Morgan fingerprint density at radius 3 is 2.12 bits per heavy atom. The molecule has 98 valence electrons. The summed E-state index contributed by atoms with van der Waals surface area (Å²) >= 11 is 0. The highest BCUT2D eigenvalue weighted by Crippen LogP contribution is 2.07. The van der Waals surface area contributed by atoms with Crippen molar-refractivity contribution in [1.29, 1.82) is 0 Å². The predicted octanol–water partition coefficient (Wildman–Crippen LogP) is -1.34. The third-order valence-corrected chi connectivity index (χ3v) is 5.32. The summed E-state index contributed by atoms with van der Waals surface area (Å²) in [7, 11) is -1.50. The summed E-state index contributed by atoms with van der Waals surface area (Å²) in [6.07, 6.45) is 0. The molecule has 6 heteroatoms. The van der Waals surface area contributed by atoms with Crippen LogP contribution in [0.1, 0.15) is 20.8 Å². The highest BCUT2D eigenvalue weighted by atomic mass is 28.3. The average Bonchev–Trinajstić information content (AvgIpc) is 2.29. The number of rotatable bonds is 6. The van der Waals surface area contributed by atoms with Gasteiger partial charge in [0.15, 0.2) is 0 Å². The highest BCUT2D eigenvalue weighted by molar-refractivity contribution is 6.46. The molecule has 0 aromatic heterocycles. The quantitative estimate of drug-likeness (QED) is 0.602. The minimum absolute atomic E-state index is 0. The number of piperazine rings is 1. The topological polar surface area (TPSA) is 33.7 Å². The molecule has 4 nitrogen and oxygen atoms in total. The molecule has 1 unspecified atom stereocenters. The van der Waals surface area contributed by atoms with Gasteiger partial charge in [-0.1, -0.05) is 0 Å². The van der Waals surface area contributed by atoms with Crippen LogP contribution in [-0.2, 0) is 8.85 Å². The largest absolute Gasteiger partial charge is 0.396 e. The van der Waals surface area contributed by atoms with E-state index in [-0.39, 0.29) is 11.0 Å². The monoisotopic (exact) mass is 264 g/mol. The third-order valence-electron chi connectivity index (χ3n) is 2.78.